The molecule has 0 saturated carbocycles. The number of amides is 1. The molecule has 0 bridgehead atoms. The molecule has 3 rings (SSSR count). The minimum Gasteiger partial charge on any atom is -0.431 e. The van der Waals surface area contributed by atoms with Gasteiger partial charge in [-0.25, -0.2) is 13.8 Å². The van der Waals surface area contributed by atoms with E-state index in [0.717, 1.165) is 17.4 Å². The standard InChI is InChI=1S/C15H10F2N2O2S/c16-9-2-4-12-13(6-9)22-15(19-12)21-10-3-1-8(5-14(18)20)11(17)7-10/h1-4,6-7H,5H2,(H2,18,20). The number of rotatable bonds is 4. The lowest BCUT2D eigenvalue weighted by Gasteiger charge is -2.04. The number of nitrogens with two attached hydrogens (primary N) is 1. The van der Waals surface area contributed by atoms with Crippen LogP contribution >= 0.6 is 11.3 Å². The summed E-state index contributed by atoms with van der Waals surface area (Å²) in [7, 11) is 0. The lowest BCUT2D eigenvalue weighted by molar-refractivity contribution is -0.117. The molecule has 0 spiro atoms. The van der Waals surface area contributed by atoms with Crippen molar-refractivity contribution in [1.29, 1.82) is 0 Å². The highest BCUT2D eigenvalue weighted by Gasteiger charge is 2.10. The summed E-state index contributed by atoms with van der Waals surface area (Å²) in [4.78, 5) is 15.0. The van der Waals surface area contributed by atoms with Gasteiger partial charge in [0.05, 0.1) is 16.6 Å². The first-order valence-corrected chi connectivity index (χ1v) is 7.13. The Hall–Kier alpha value is -2.54. The molecular formula is C15H10F2N2O2S. The normalized spacial score (nSPS) is 10.8. The van der Waals surface area contributed by atoms with E-state index in [1.165, 1.54) is 24.3 Å². The van der Waals surface area contributed by atoms with E-state index in [4.69, 9.17) is 10.5 Å². The van der Waals surface area contributed by atoms with Crippen LogP contribution < -0.4 is 10.5 Å². The Bertz CT molecular complexity index is 864. The topological polar surface area (TPSA) is 65.2 Å². The molecule has 0 atom stereocenters. The number of primary amides is 1. The van der Waals surface area contributed by atoms with E-state index in [-0.39, 0.29) is 28.7 Å². The summed E-state index contributed by atoms with van der Waals surface area (Å²) in [5.41, 5.74) is 5.84. The van der Waals surface area contributed by atoms with Crippen molar-refractivity contribution in [3.05, 3.63) is 53.6 Å². The molecule has 7 heteroatoms. The third-order valence-electron chi connectivity index (χ3n) is 2.93. The van der Waals surface area contributed by atoms with Crippen molar-refractivity contribution in [1.82, 2.24) is 4.98 Å². The van der Waals surface area contributed by atoms with Gasteiger partial charge < -0.3 is 10.5 Å². The molecule has 22 heavy (non-hydrogen) atoms. The fourth-order valence-corrected chi connectivity index (χ4v) is 2.80. The Kier molecular flexibility index (Phi) is 3.72. The van der Waals surface area contributed by atoms with Gasteiger partial charge in [0.25, 0.3) is 5.19 Å². The van der Waals surface area contributed by atoms with Crippen LogP contribution in [0.1, 0.15) is 5.56 Å². The Morgan fingerprint density at radius 3 is 2.77 bits per heavy atom. The average molecular weight is 320 g/mol. The van der Waals surface area contributed by atoms with Crippen LogP contribution in [-0.4, -0.2) is 10.9 Å². The zero-order valence-electron chi connectivity index (χ0n) is 11.2. The molecule has 1 aromatic heterocycles. The second-order valence-corrected chi connectivity index (χ2v) is 5.58. The number of halogens is 2. The molecule has 112 valence electrons. The molecule has 0 aliphatic heterocycles. The Balaban J connectivity index is 1.85. The maximum absolute atomic E-state index is 13.8. The van der Waals surface area contributed by atoms with E-state index in [1.807, 2.05) is 0 Å². The minimum absolute atomic E-state index is 0.174. The van der Waals surface area contributed by atoms with Gasteiger partial charge in [-0.15, -0.1) is 0 Å². The summed E-state index contributed by atoms with van der Waals surface area (Å²) in [6.45, 7) is 0. The van der Waals surface area contributed by atoms with Crippen molar-refractivity contribution < 1.29 is 18.3 Å². The summed E-state index contributed by atoms with van der Waals surface area (Å²) >= 11 is 1.16. The Labute approximate surface area is 128 Å². The van der Waals surface area contributed by atoms with Crippen LogP contribution in [0.5, 0.6) is 10.9 Å². The first-order valence-electron chi connectivity index (χ1n) is 6.32. The highest BCUT2D eigenvalue weighted by Crippen LogP contribution is 2.32. The number of thiazole rings is 1. The summed E-state index contributed by atoms with van der Waals surface area (Å²) in [6, 6.07) is 8.33. The van der Waals surface area contributed by atoms with Crippen molar-refractivity contribution >= 4 is 27.5 Å². The van der Waals surface area contributed by atoms with Gasteiger partial charge in [-0.3, -0.25) is 4.79 Å². The molecule has 0 radical (unpaired) electrons. The minimum atomic E-state index is -0.610. The fraction of sp³-hybridized carbons (Fsp3) is 0.0667. The van der Waals surface area contributed by atoms with E-state index in [9.17, 15) is 13.6 Å². The van der Waals surface area contributed by atoms with Crippen LogP contribution in [-0.2, 0) is 11.2 Å². The van der Waals surface area contributed by atoms with Crippen molar-refractivity contribution in [2.45, 2.75) is 6.42 Å². The monoisotopic (exact) mass is 320 g/mol. The van der Waals surface area contributed by atoms with E-state index in [1.54, 1.807) is 6.07 Å². The molecule has 0 saturated heterocycles. The van der Waals surface area contributed by atoms with Crippen LogP contribution in [0.4, 0.5) is 8.78 Å². The maximum atomic E-state index is 13.8. The zero-order valence-corrected chi connectivity index (χ0v) is 12.0. The van der Waals surface area contributed by atoms with Crippen LogP contribution in [0.2, 0.25) is 0 Å². The number of hydrogen-bond acceptors (Lipinski definition) is 4. The number of benzene rings is 2. The fourth-order valence-electron chi connectivity index (χ4n) is 1.94. The number of nitrogens with zero attached hydrogens (tertiary/aromatic N) is 1. The number of aromatic nitrogens is 1. The molecule has 1 heterocycles. The molecule has 0 unspecified atom stereocenters. The van der Waals surface area contributed by atoms with E-state index in [0.29, 0.717) is 10.2 Å². The zero-order chi connectivity index (χ0) is 15.7. The molecule has 1 amide bonds. The molecular weight excluding hydrogens is 310 g/mol. The summed E-state index contributed by atoms with van der Waals surface area (Å²) in [5.74, 6) is -1.31. The van der Waals surface area contributed by atoms with Crippen LogP contribution in [0.25, 0.3) is 10.2 Å². The SMILES string of the molecule is NC(=O)Cc1ccc(Oc2nc3ccc(F)cc3s2)cc1F. The van der Waals surface area contributed by atoms with E-state index in [2.05, 4.69) is 4.98 Å². The second-order valence-electron chi connectivity index (χ2n) is 4.59. The lowest BCUT2D eigenvalue weighted by Crippen LogP contribution is -2.14. The van der Waals surface area contributed by atoms with Gasteiger partial charge in [-0.05, 0) is 29.8 Å². The largest absolute Gasteiger partial charge is 0.431 e. The van der Waals surface area contributed by atoms with Crippen molar-refractivity contribution in [2.75, 3.05) is 0 Å². The number of carbonyl (C=O) groups is 1. The summed E-state index contributed by atoms with van der Waals surface area (Å²) in [6.07, 6.45) is -0.174. The third kappa shape index (κ3) is 3.04. The molecule has 0 aliphatic carbocycles. The van der Waals surface area contributed by atoms with Gasteiger partial charge >= 0.3 is 0 Å². The third-order valence-corrected chi connectivity index (χ3v) is 3.82. The summed E-state index contributed by atoms with van der Waals surface area (Å²) < 4.78 is 33.1. The number of fused-ring (bicyclic) bond motifs is 1. The number of hydrogen-bond donors (Lipinski definition) is 1. The van der Waals surface area contributed by atoms with Gasteiger partial charge in [0.2, 0.25) is 5.91 Å². The van der Waals surface area contributed by atoms with Crippen molar-refractivity contribution in [3.8, 4) is 10.9 Å². The van der Waals surface area contributed by atoms with Gasteiger partial charge in [0.1, 0.15) is 17.4 Å². The quantitative estimate of drug-likeness (QED) is 0.801. The molecule has 0 fully saturated rings. The highest BCUT2D eigenvalue weighted by molar-refractivity contribution is 7.20. The van der Waals surface area contributed by atoms with Gasteiger partial charge in [-0.1, -0.05) is 17.4 Å². The van der Waals surface area contributed by atoms with Crippen LogP contribution in [0, 0.1) is 11.6 Å². The predicted molar refractivity (Wildman–Crippen MR) is 79.0 cm³/mol. The number of ether oxygens (including phenoxy) is 1. The van der Waals surface area contributed by atoms with Gasteiger partial charge in [0.15, 0.2) is 0 Å². The first kappa shape index (κ1) is 14.4. The molecule has 2 aromatic carbocycles. The molecule has 0 aliphatic rings. The highest BCUT2D eigenvalue weighted by atomic mass is 32.1. The first-order chi connectivity index (χ1) is 10.5. The van der Waals surface area contributed by atoms with E-state index < -0.39 is 11.7 Å². The van der Waals surface area contributed by atoms with Crippen molar-refractivity contribution in [3.63, 3.8) is 0 Å². The molecule has 4 nitrogen and oxygen atoms in total. The van der Waals surface area contributed by atoms with Crippen LogP contribution in [0.15, 0.2) is 36.4 Å². The predicted octanol–water partition coefficient (Wildman–Crippen LogP) is 3.39. The van der Waals surface area contributed by atoms with Gasteiger partial charge in [-0.2, -0.15) is 0 Å². The van der Waals surface area contributed by atoms with E-state index >= 15 is 0 Å². The average Bonchev–Trinajstić information content (AvgIpc) is 2.82. The van der Waals surface area contributed by atoms with Gasteiger partial charge in [0, 0.05) is 6.07 Å². The second kappa shape index (κ2) is 5.69. The van der Waals surface area contributed by atoms with Crippen molar-refractivity contribution in [2.24, 2.45) is 5.73 Å². The maximum Gasteiger partial charge on any atom is 0.279 e. The summed E-state index contributed by atoms with van der Waals surface area (Å²) in [5, 5.41) is 0.280. The lowest BCUT2D eigenvalue weighted by atomic mass is 10.1. The Morgan fingerprint density at radius 1 is 1.23 bits per heavy atom. The molecule has 3 aromatic rings. The Morgan fingerprint density at radius 2 is 2.05 bits per heavy atom. The van der Waals surface area contributed by atoms with Crippen LogP contribution in [0.3, 0.4) is 0 Å². The smallest absolute Gasteiger partial charge is 0.279 e. The molecule has 2 N–H and O–H groups in total. The number of carbonyl (C=O) groups excluding carboxylic acids is 1.